The Morgan fingerprint density at radius 1 is 1.15 bits per heavy atom. The molecule has 0 atom stereocenters. The molecule has 1 aromatic carbocycles. The molecule has 2 radical (unpaired) electrons. The van der Waals surface area contributed by atoms with Crippen molar-refractivity contribution in [3.8, 4) is 17.0 Å². The van der Waals surface area contributed by atoms with Crippen molar-refractivity contribution in [2.75, 3.05) is 12.8 Å². The number of aromatic nitrogens is 1. The molecule has 6 N–H and O–H groups in total. The Morgan fingerprint density at radius 2 is 1.80 bits per heavy atom. The second-order valence-corrected chi connectivity index (χ2v) is 7.49. The predicted molar refractivity (Wildman–Crippen MR) is 85.3 cm³/mol. The van der Waals surface area contributed by atoms with Gasteiger partial charge in [0.2, 0.25) is 0 Å². The van der Waals surface area contributed by atoms with Crippen LogP contribution in [0.4, 0.5) is 5.69 Å². The summed E-state index contributed by atoms with van der Waals surface area (Å²) in [6, 6.07) is 11.3. The summed E-state index contributed by atoms with van der Waals surface area (Å²) < 4.78 is 5.26. The fourth-order valence-electron chi connectivity index (χ4n) is 1.44. The molecule has 0 aliphatic carbocycles. The van der Waals surface area contributed by atoms with Crippen LogP contribution in [-0.2, 0) is 0 Å². The number of benzene rings is 1. The quantitative estimate of drug-likeness (QED) is 0.583. The zero-order chi connectivity index (χ0) is 13.4. The first-order valence-electron chi connectivity index (χ1n) is 5.04. The summed E-state index contributed by atoms with van der Waals surface area (Å²) in [6.45, 7) is 0. The van der Waals surface area contributed by atoms with E-state index in [1.165, 1.54) is 0 Å². The fraction of sp³-hybridized carbons (Fsp3) is 0.0833. The van der Waals surface area contributed by atoms with E-state index < -0.39 is 18.9 Å². The summed E-state index contributed by atoms with van der Waals surface area (Å²) in [4.78, 5) is 4.27. The van der Waals surface area contributed by atoms with E-state index in [1.807, 2.05) is 30.3 Å². The number of anilines is 1. The van der Waals surface area contributed by atoms with Crippen molar-refractivity contribution in [2.24, 2.45) is 0 Å². The van der Waals surface area contributed by atoms with Crippen molar-refractivity contribution in [1.82, 2.24) is 4.98 Å². The van der Waals surface area contributed by atoms with Gasteiger partial charge in [0, 0.05) is 23.5 Å². The van der Waals surface area contributed by atoms with Crippen LogP contribution < -0.4 is 10.5 Å². The van der Waals surface area contributed by atoms with Gasteiger partial charge in [0.25, 0.3) is 0 Å². The average Bonchev–Trinajstić information content (AvgIpc) is 2.40. The summed E-state index contributed by atoms with van der Waals surface area (Å²) in [7, 11) is 11.5. The Balaban J connectivity index is 0. The maximum atomic E-state index is 5.68. The van der Waals surface area contributed by atoms with E-state index in [0.717, 1.165) is 17.0 Å². The molecular formula is C12H16Cl2N2O3Sn. The first-order valence-corrected chi connectivity index (χ1v) is 12.3. The number of rotatable bonds is 2. The molecule has 0 saturated heterocycles. The van der Waals surface area contributed by atoms with Crippen LogP contribution in [0.3, 0.4) is 0 Å². The van der Waals surface area contributed by atoms with E-state index in [2.05, 4.69) is 4.98 Å². The molecule has 2 rings (SSSR count). The monoisotopic (exact) mass is 426 g/mol. The molecule has 0 fully saturated rings. The van der Waals surface area contributed by atoms with Crippen LogP contribution in [0.1, 0.15) is 0 Å². The van der Waals surface area contributed by atoms with Gasteiger partial charge in [0.05, 0.1) is 12.8 Å². The zero-order valence-corrected chi connectivity index (χ0v) is 15.1. The van der Waals surface area contributed by atoms with Crippen LogP contribution in [0, 0.1) is 0 Å². The molecule has 8 heteroatoms. The predicted octanol–water partition coefficient (Wildman–Crippen LogP) is 1.69. The first-order chi connectivity index (χ1) is 8.72. The van der Waals surface area contributed by atoms with Gasteiger partial charge in [0.1, 0.15) is 5.75 Å². The van der Waals surface area contributed by atoms with E-state index >= 15 is 0 Å². The van der Waals surface area contributed by atoms with Gasteiger partial charge in [-0.1, -0.05) is 6.07 Å². The minimum atomic E-state index is -0.826. The number of halogens is 2. The molecule has 0 saturated carbocycles. The number of methoxy groups -OCH3 is 1. The van der Waals surface area contributed by atoms with Crippen molar-refractivity contribution < 1.29 is 15.7 Å². The first kappa shape index (κ1) is 21.6. The standard InChI is InChI=1S/C12H12N2O.2ClH.2H2O.Sn/c1-15-12-8-9(13)5-6-10(12)11-4-2-3-7-14-11;;;;;/h2-8H,13H2,1H3;2*1H;2*1H2;/q;;;;;+2/p-2. The molecule has 0 aliphatic rings. The molecule has 20 heavy (non-hydrogen) atoms. The Hall–Kier alpha value is -0.731. The van der Waals surface area contributed by atoms with Crippen LogP contribution in [0.5, 0.6) is 5.75 Å². The summed E-state index contributed by atoms with van der Waals surface area (Å²) >= 11 is -0.826. The van der Waals surface area contributed by atoms with Gasteiger partial charge in [-0.2, -0.15) is 0 Å². The molecule has 0 aliphatic heterocycles. The van der Waals surface area contributed by atoms with Gasteiger partial charge in [0.15, 0.2) is 0 Å². The molecule has 1 aromatic heterocycles. The molecule has 2 aromatic rings. The van der Waals surface area contributed by atoms with Crippen LogP contribution in [0.2, 0.25) is 0 Å². The van der Waals surface area contributed by atoms with Crippen molar-refractivity contribution in [3.05, 3.63) is 42.6 Å². The number of hydrogen-bond donors (Lipinski definition) is 1. The molecule has 1 heterocycles. The van der Waals surface area contributed by atoms with Crippen LogP contribution >= 0.6 is 17.8 Å². The van der Waals surface area contributed by atoms with E-state index in [4.69, 9.17) is 28.3 Å². The fourth-order valence-corrected chi connectivity index (χ4v) is 1.44. The summed E-state index contributed by atoms with van der Waals surface area (Å²) in [6.07, 6.45) is 1.76. The van der Waals surface area contributed by atoms with Gasteiger partial charge in [-0.25, -0.2) is 0 Å². The van der Waals surface area contributed by atoms with Gasteiger partial charge in [-0.05, 0) is 24.3 Å². The number of nitrogens with zero attached hydrogens (tertiary/aromatic N) is 1. The SMILES string of the molecule is COc1cc(N)ccc1-c1ccccn1.O.O.[Cl][Sn][Cl]. The van der Waals surface area contributed by atoms with Crippen LogP contribution in [0.15, 0.2) is 42.6 Å². The van der Waals surface area contributed by atoms with Crippen LogP contribution in [0.25, 0.3) is 11.3 Å². The van der Waals surface area contributed by atoms with E-state index in [9.17, 15) is 0 Å². The van der Waals surface area contributed by atoms with Crippen LogP contribution in [-0.4, -0.2) is 41.9 Å². The summed E-state index contributed by atoms with van der Waals surface area (Å²) in [5.74, 6) is 0.744. The third-order valence-electron chi connectivity index (χ3n) is 2.17. The average molecular weight is 426 g/mol. The number of nitrogen functional groups attached to an aromatic ring is 1. The normalized spacial score (nSPS) is 8.35. The van der Waals surface area contributed by atoms with Gasteiger partial charge >= 0.3 is 36.7 Å². The number of pyridine rings is 1. The molecule has 110 valence electrons. The number of nitrogens with two attached hydrogens (primary N) is 1. The Bertz CT molecular complexity index is 489. The zero-order valence-electron chi connectivity index (χ0n) is 10.7. The maximum absolute atomic E-state index is 5.68. The third-order valence-corrected chi connectivity index (χ3v) is 2.17. The summed E-state index contributed by atoms with van der Waals surface area (Å²) in [5, 5.41) is 0. The molecular weight excluding hydrogens is 410 g/mol. The van der Waals surface area contributed by atoms with Crippen molar-refractivity contribution in [2.45, 2.75) is 0 Å². The van der Waals surface area contributed by atoms with E-state index in [-0.39, 0.29) is 11.0 Å². The molecule has 0 spiro atoms. The van der Waals surface area contributed by atoms with Crippen molar-refractivity contribution in [3.63, 3.8) is 0 Å². The molecule has 0 bridgehead atoms. The molecule has 0 unspecified atom stereocenters. The Kier molecular flexibility index (Phi) is 13.0. The van der Waals surface area contributed by atoms with E-state index in [1.54, 1.807) is 19.4 Å². The third kappa shape index (κ3) is 6.62. The topological polar surface area (TPSA) is 111 Å². The van der Waals surface area contributed by atoms with Gasteiger partial charge < -0.3 is 21.4 Å². The summed E-state index contributed by atoms with van der Waals surface area (Å²) in [5.41, 5.74) is 8.20. The van der Waals surface area contributed by atoms with Gasteiger partial charge in [-0.15, -0.1) is 0 Å². The Morgan fingerprint density at radius 3 is 2.30 bits per heavy atom. The molecule has 5 nitrogen and oxygen atoms in total. The minimum absolute atomic E-state index is 0. The second kappa shape index (κ2) is 12.0. The van der Waals surface area contributed by atoms with Crippen molar-refractivity contribution >= 4 is 42.4 Å². The molecule has 0 amide bonds. The van der Waals surface area contributed by atoms with Gasteiger partial charge in [-0.3, -0.25) is 4.98 Å². The van der Waals surface area contributed by atoms with Crippen molar-refractivity contribution in [1.29, 1.82) is 0 Å². The second-order valence-electron chi connectivity index (χ2n) is 3.25. The Labute approximate surface area is 135 Å². The van der Waals surface area contributed by atoms with E-state index in [0.29, 0.717) is 5.69 Å². The number of hydrogen-bond acceptors (Lipinski definition) is 3. The number of ether oxygens (including phenoxy) is 1.